The molecule has 1 aliphatic heterocycles. The van der Waals surface area contributed by atoms with Crippen LogP contribution in [0.3, 0.4) is 0 Å². The lowest BCUT2D eigenvalue weighted by atomic mass is 10.0. The van der Waals surface area contributed by atoms with Crippen LogP contribution in [0.4, 0.5) is 0 Å². The van der Waals surface area contributed by atoms with Crippen molar-refractivity contribution in [1.82, 2.24) is 4.90 Å². The third-order valence-electron chi connectivity index (χ3n) is 3.41. The first-order valence-electron chi connectivity index (χ1n) is 6.01. The molecular weight excluding hydrogens is 189 g/mol. The van der Waals surface area contributed by atoms with Crippen molar-refractivity contribution in [2.24, 2.45) is 5.92 Å². The standard InChI is InChI=1S/C7H14NO.2C2H5.Al/c1-6(9)7-3-4-8(2)5-7;2*1-2;/h6-7H,3-5H2,1-2H3;2*1H2,2H3;/q-1;;;+1. The van der Waals surface area contributed by atoms with Crippen molar-refractivity contribution < 1.29 is 3.79 Å². The summed E-state index contributed by atoms with van der Waals surface area (Å²) in [4.78, 5) is 2.42. The first kappa shape index (κ1) is 12.5. The molecule has 3 heteroatoms. The Kier molecular flexibility index (Phi) is 5.48. The maximum absolute atomic E-state index is 6.19. The van der Waals surface area contributed by atoms with E-state index in [9.17, 15) is 0 Å². The third-order valence-corrected chi connectivity index (χ3v) is 6.04. The molecule has 1 aliphatic rings. The molecule has 1 heterocycles. The number of likely N-dealkylation sites (tertiary alicyclic amines) is 1. The van der Waals surface area contributed by atoms with Gasteiger partial charge in [0.25, 0.3) is 0 Å². The monoisotopic (exact) mass is 213 g/mol. The maximum Gasteiger partial charge on any atom is 0.460 e. The Labute approximate surface area is 93.3 Å². The molecule has 1 rings (SSSR count). The van der Waals surface area contributed by atoms with Gasteiger partial charge >= 0.3 is 14.5 Å². The van der Waals surface area contributed by atoms with Crippen molar-refractivity contribution in [1.29, 1.82) is 0 Å². The van der Waals surface area contributed by atoms with Gasteiger partial charge in [0.05, 0.1) is 0 Å². The summed E-state index contributed by atoms with van der Waals surface area (Å²) in [6, 6.07) is 0. The van der Waals surface area contributed by atoms with Crippen molar-refractivity contribution in [2.45, 2.75) is 43.9 Å². The molecule has 14 heavy (non-hydrogen) atoms. The van der Waals surface area contributed by atoms with Gasteiger partial charge in [0.2, 0.25) is 0 Å². The highest BCUT2D eigenvalue weighted by Crippen LogP contribution is 2.21. The van der Waals surface area contributed by atoms with E-state index in [1.807, 2.05) is 0 Å². The molecular formula is C11H24AlNO. The third kappa shape index (κ3) is 3.55. The molecule has 2 nitrogen and oxygen atoms in total. The molecule has 1 saturated heterocycles. The van der Waals surface area contributed by atoms with E-state index in [0.717, 1.165) is 5.92 Å². The second-order valence-electron chi connectivity index (χ2n) is 4.59. The predicted octanol–water partition coefficient (Wildman–Crippen LogP) is 2.37. The van der Waals surface area contributed by atoms with Crippen molar-refractivity contribution in [3.63, 3.8) is 0 Å². The van der Waals surface area contributed by atoms with Crippen LogP contribution in [0.2, 0.25) is 10.6 Å². The molecule has 0 aromatic heterocycles. The van der Waals surface area contributed by atoms with Gasteiger partial charge in [0.15, 0.2) is 0 Å². The van der Waals surface area contributed by atoms with E-state index in [4.69, 9.17) is 3.79 Å². The van der Waals surface area contributed by atoms with Crippen LogP contribution in [0.1, 0.15) is 27.2 Å². The van der Waals surface area contributed by atoms with Crippen LogP contribution < -0.4 is 0 Å². The summed E-state index contributed by atoms with van der Waals surface area (Å²) < 4.78 is 6.19. The highest BCUT2D eigenvalue weighted by Gasteiger charge is 2.28. The van der Waals surface area contributed by atoms with Crippen LogP contribution in [0.5, 0.6) is 0 Å². The second kappa shape index (κ2) is 6.13. The van der Waals surface area contributed by atoms with E-state index >= 15 is 0 Å². The topological polar surface area (TPSA) is 12.5 Å². The van der Waals surface area contributed by atoms with E-state index in [-0.39, 0.29) is 0 Å². The average Bonchev–Trinajstić information content (AvgIpc) is 2.61. The Balaban J connectivity index is 2.30. The predicted molar refractivity (Wildman–Crippen MR) is 62.9 cm³/mol. The Morgan fingerprint density at radius 2 is 2.07 bits per heavy atom. The minimum atomic E-state index is -0.845. The average molecular weight is 213 g/mol. The summed E-state index contributed by atoms with van der Waals surface area (Å²) in [6.45, 7) is 9.30. The van der Waals surface area contributed by atoms with Gasteiger partial charge in [-0.2, -0.15) is 0 Å². The molecule has 1 fully saturated rings. The SMILES string of the molecule is C[CH2][Al]([CH2]C)[O]C(C)C1CCN(C)C1. The van der Waals surface area contributed by atoms with E-state index in [1.54, 1.807) is 0 Å². The lowest BCUT2D eigenvalue weighted by Gasteiger charge is -2.23. The van der Waals surface area contributed by atoms with Crippen LogP contribution >= 0.6 is 0 Å². The molecule has 0 aromatic carbocycles. The van der Waals surface area contributed by atoms with Gasteiger partial charge in [-0.05, 0) is 32.9 Å². The van der Waals surface area contributed by atoms with Crippen molar-refractivity contribution in [3.8, 4) is 0 Å². The summed E-state index contributed by atoms with van der Waals surface area (Å²) in [5.41, 5.74) is 0. The normalized spacial score (nSPS) is 25.3. The number of hydrogen-bond acceptors (Lipinski definition) is 2. The first-order valence-corrected chi connectivity index (χ1v) is 8.11. The lowest BCUT2D eigenvalue weighted by molar-refractivity contribution is 0.153. The van der Waals surface area contributed by atoms with Gasteiger partial charge in [-0.15, -0.1) is 0 Å². The van der Waals surface area contributed by atoms with E-state index in [0.29, 0.717) is 6.10 Å². The molecule has 82 valence electrons. The van der Waals surface area contributed by atoms with Crippen molar-refractivity contribution in [3.05, 3.63) is 0 Å². The van der Waals surface area contributed by atoms with Crippen molar-refractivity contribution in [2.75, 3.05) is 20.1 Å². The van der Waals surface area contributed by atoms with E-state index in [2.05, 4.69) is 32.7 Å². The Morgan fingerprint density at radius 1 is 1.43 bits per heavy atom. The highest BCUT2D eigenvalue weighted by molar-refractivity contribution is 6.51. The molecule has 0 saturated carbocycles. The van der Waals surface area contributed by atoms with Crippen molar-refractivity contribution >= 4 is 14.5 Å². The first-order chi connectivity index (χ1) is 6.67. The summed E-state index contributed by atoms with van der Waals surface area (Å²) in [6.07, 6.45) is 1.82. The maximum atomic E-state index is 6.19. The van der Waals surface area contributed by atoms with E-state index < -0.39 is 14.5 Å². The van der Waals surface area contributed by atoms with Gasteiger partial charge in [-0.3, -0.25) is 0 Å². The molecule has 2 atom stereocenters. The minimum Gasteiger partial charge on any atom is -0.498 e. The molecule has 0 amide bonds. The fourth-order valence-electron chi connectivity index (χ4n) is 2.25. The number of nitrogens with zero attached hydrogens (tertiary/aromatic N) is 1. The fraction of sp³-hybridized carbons (Fsp3) is 1.00. The minimum absolute atomic E-state index is 0.497. The summed E-state index contributed by atoms with van der Waals surface area (Å²) in [5.74, 6) is 0.785. The largest absolute Gasteiger partial charge is 0.498 e. The zero-order valence-corrected chi connectivity index (χ0v) is 11.3. The zero-order valence-electron chi connectivity index (χ0n) is 10.1. The van der Waals surface area contributed by atoms with Gasteiger partial charge in [0.1, 0.15) is 0 Å². The lowest BCUT2D eigenvalue weighted by Crippen LogP contribution is -2.30. The van der Waals surface area contributed by atoms with E-state index in [1.165, 1.54) is 30.1 Å². The zero-order chi connectivity index (χ0) is 10.6. The number of hydrogen-bond donors (Lipinski definition) is 0. The van der Waals surface area contributed by atoms with Crippen LogP contribution in [-0.2, 0) is 3.79 Å². The Hall–Kier alpha value is 0.452. The van der Waals surface area contributed by atoms with Gasteiger partial charge in [-0.1, -0.05) is 24.4 Å². The highest BCUT2D eigenvalue weighted by atomic mass is 27.2. The van der Waals surface area contributed by atoms with Crippen LogP contribution in [0.15, 0.2) is 0 Å². The quantitative estimate of drug-likeness (QED) is 0.650. The van der Waals surface area contributed by atoms with Gasteiger partial charge in [0, 0.05) is 12.6 Å². The molecule has 0 N–H and O–H groups in total. The number of rotatable bonds is 5. The fourth-order valence-corrected chi connectivity index (χ4v) is 4.04. The summed E-state index contributed by atoms with van der Waals surface area (Å²) >= 11 is -0.845. The molecule has 0 aliphatic carbocycles. The Bertz CT molecular complexity index is 161. The second-order valence-corrected chi connectivity index (χ2v) is 7.74. The van der Waals surface area contributed by atoms with Crippen LogP contribution in [0.25, 0.3) is 0 Å². The molecule has 2 unspecified atom stereocenters. The summed E-state index contributed by atoms with van der Waals surface area (Å²) in [5, 5.41) is 2.56. The van der Waals surface area contributed by atoms with Crippen LogP contribution in [0, 0.1) is 5.92 Å². The molecule has 0 bridgehead atoms. The molecule has 0 radical (unpaired) electrons. The molecule has 0 aromatic rings. The van der Waals surface area contributed by atoms with Gasteiger partial charge in [-0.25, -0.2) is 0 Å². The smallest absolute Gasteiger partial charge is 0.460 e. The Morgan fingerprint density at radius 3 is 2.50 bits per heavy atom. The van der Waals surface area contributed by atoms with Crippen LogP contribution in [-0.4, -0.2) is 45.6 Å². The molecule has 0 spiro atoms. The summed E-state index contributed by atoms with van der Waals surface area (Å²) in [7, 11) is 2.21. The van der Waals surface area contributed by atoms with Gasteiger partial charge < -0.3 is 8.69 Å².